The summed E-state index contributed by atoms with van der Waals surface area (Å²) in [5.74, 6) is -2.37. The minimum Gasteiger partial charge on any atom is -0.456 e. The number of aromatic amines is 1. The molecule has 278 valence electrons. The molecule has 0 aliphatic carbocycles. The zero-order chi connectivity index (χ0) is 37.8. The maximum atomic E-state index is 13.7. The van der Waals surface area contributed by atoms with Gasteiger partial charge in [-0.2, -0.15) is 5.21 Å². The van der Waals surface area contributed by atoms with E-state index in [-0.39, 0.29) is 43.2 Å². The van der Waals surface area contributed by atoms with Crippen LogP contribution in [0.4, 0.5) is 0 Å². The molecule has 0 aliphatic rings. The Morgan fingerprint density at radius 2 is 1.63 bits per heavy atom. The van der Waals surface area contributed by atoms with Crippen molar-refractivity contribution in [1.29, 1.82) is 0 Å². The Kier molecular flexibility index (Phi) is 13.5. The van der Waals surface area contributed by atoms with Gasteiger partial charge < -0.3 is 28.1 Å². The first kappa shape index (κ1) is 38.7. The van der Waals surface area contributed by atoms with Crippen LogP contribution in [-0.4, -0.2) is 65.8 Å². The summed E-state index contributed by atoms with van der Waals surface area (Å²) >= 11 is 0. The molecule has 19 nitrogen and oxygen atoms in total. The molecule has 0 spiro atoms. The highest BCUT2D eigenvalue weighted by Crippen LogP contribution is 2.30. The van der Waals surface area contributed by atoms with Crippen molar-refractivity contribution < 1.29 is 43.0 Å². The highest BCUT2D eigenvalue weighted by atomic mass is 17.0. The number of rotatable bonds is 20. The van der Waals surface area contributed by atoms with E-state index in [4.69, 9.17) is 13.6 Å². The molecular formula is C33H39N7O12. The number of hydrogen-bond donors (Lipinski definition) is 1. The molecule has 3 atom stereocenters. The van der Waals surface area contributed by atoms with E-state index in [0.717, 1.165) is 28.7 Å². The van der Waals surface area contributed by atoms with Crippen molar-refractivity contribution in [2.45, 2.75) is 91.2 Å². The van der Waals surface area contributed by atoms with Gasteiger partial charge in [-0.05, 0) is 47.6 Å². The summed E-state index contributed by atoms with van der Waals surface area (Å²) in [4.78, 5) is 71.4. The Labute approximate surface area is 296 Å². The van der Waals surface area contributed by atoms with Crippen LogP contribution in [-0.2, 0) is 43.6 Å². The molecular weight excluding hydrogens is 686 g/mol. The summed E-state index contributed by atoms with van der Waals surface area (Å²) < 4.78 is 15.7. The van der Waals surface area contributed by atoms with E-state index in [1.54, 1.807) is 13.8 Å². The predicted molar refractivity (Wildman–Crippen MR) is 179 cm³/mol. The van der Waals surface area contributed by atoms with Crippen molar-refractivity contribution in [2.24, 2.45) is 5.92 Å². The van der Waals surface area contributed by atoms with Gasteiger partial charge in [0, 0.05) is 24.9 Å². The fourth-order valence-corrected chi connectivity index (χ4v) is 5.58. The van der Waals surface area contributed by atoms with Gasteiger partial charge in [-0.25, -0.2) is 9.59 Å². The summed E-state index contributed by atoms with van der Waals surface area (Å²) in [6, 6.07) is 14.1. The van der Waals surface area contributed by atoms with Gasteiger partial charge in [-0.3, -0.25) is 4.79 Å². The Hall–Kier alpha value is -6.14. The molecule has 2 aromatic heterocycles. The number of esters is 1. The van der Waals surface area contributed by atoms with E-state index in [0.29, 0.717) is 12.2 Å². The first-order chi connectivity index (χ1) is 24.9. The second-order valence-corrected chi connectivity index (χ2v) is 12.1. The van der Waals surface area contributed by atoms with Gasteiger partial charge in [0.15, 0.2) is 18.1 Å². The number of tetrazole rings is 1. The number of nitrogens with zero attached hydrogens (tertiary/aromatic N) is 6. The van der Waals surface area contributed by atoms with Crippen molar-refractivity contribution in [3.05, 3.63) is 96.5 Å². The topological polar surface area (TPSA) is 249 Å². The lowest BCUT2D eigenvalue weighted by Crippen LogP contribution is -2.48. The first-order valence-electron chi connectivity index (χ1n) is 16.5. The predicted octanol–water partition coefficient (Wildman–Crippen LogP) is 4.47. The molecule has 0 fully saturated rings. The number of benzene rings is 2. The van der Waals surface area contributed by atoms with E-state index in [1.165, 1.54) is 11.8 Å². The standard InChI is InChI=1S/C33H39N7O12/c1-5-6-11-29(41)38(18-22-12-14-23(15-13-22)24-9-7-8-10-25(24)31-34-36-37-35-31)30(20(2)3)32(42)48-19-28-27(49-33(43)50-28)17-16-26(52-40(46)47)21(4)51-39(44)45/h7-10,12-15,20-21,26,30H,5-6,11,16-19H2,1-4H3,(H,34,35,36,37)/t21-,26-,30-/m0/s1. The quantitative estimate of drug-likeness (QED) is 0.0749. The lowest BCUT2D eigenvalue weighted by molar-refractivity contribution is -0.798. The molecule has 0 radical (unpaired) electrons. The van der Waals surface area contributed by atoms with Crippen LogP contribution in [0.2, 0.25) is 0 Å². The van der Waals surface area contributed by atoms with Gasteiger partial charge in [-0.1, -0.05) is 75.7 Å². The molecule has 1 N–H and O–H groups in total. The Morgan fingerprint density at radius 3 is 2.25 bits per heavy atom. The minimum atomic E-state index is -1.40. The number of carbonyl (C=O) groups excluding carboxylic acids is 2. The normalized spacial score (nSPS) is 12.9. The summed E-state index contributed by atoms with van der Waals surface area (Å²) in [5.41, 5.74) is 3.29. The zero-order valence-electron chi connectivity index (χ0n) is 29.0. The molecule has 0 saturated carbocycles. The number of unbranched alkanes of at least 4 members (excludes halogenated alkanes) is 1. The van der Waals surface area contributed by atoms with E-state index in [2.05, 4.69) is 30.3 Å². The summed E-state index contributed by atoms with van der Waals surface area (Å²) in [6.45, 7) is 6.25. The van der Waals surface area contributed by atoms with Crippen LogP contribution >= 0.6 is 0 Å². The third-order valence-electron chi connectivity index (χ3n) is 8.13. The van der Waals surface area contributed by atoms with Crippen molar-refractivity contribution in [3.8, 4) is 22.5 Å². The van der Waals surface area contributed by atoms with Gasteiger partial charge in [0.05, 0.1) is 0 Å². The highest BCUT2D eigenvalue weighted by Gasteiger charge is 2.34. The number of H-pyrrole nitrogens is 1. The van der Waals surface area contributed by atoms with Crippen molar-refractivity contribution >= 4 is 11.9 Å². The molecule has 19 heteroatoms. The molecule has 0 unspecified atom stereocenters. The number of aryl methyl sites for hydroxylation is 1. The van der Waals surface area contributed by atoms with Crippen molar-refractivity contribution in [2.75, 3.05) is 0 Å². The number of amides is 1. The third kappa shape index (κ3) is 10.4. The number of aromatic nitrogens is 4. The highest BCUT2D eigenvalue weighted by molar-refractivity contribution is 5.85. The largest absolute Gasteiger partial charge is 0.519 e. The van der Waals surface area contributed by atoms with Gasteiger partial charge in [0.1, 0.15) is 18.2 Å². The van der Waals surface area contributed by atoms with Gasteiger partial charge >= 0.3 is 11.8 Å². The molecule has 0 bridgehead atoms. The maximum absolute atomic E-state index is 13.7. The molecule has 4 aromatic rings. The van der Waals surface area contributed by atoms with E-state index < -0.39 is 52.7 Å². The third-order valence-corrected chi connectivity index (χ3v) is 8.13. The Balaban J connectivity index is 1.51. The lowest BCUT2D eigenvalue weighted by atomic mass is 9.97. The monoisotopic (exact) mass is 725 g/mol. The summed E-state index contributed by atoms with van der Waals surface area (Å²) in [7, 11) is 0. The van der Waals surface area contributed by atoms with Crippen LogP contribution in [0.1, 0.15) is 70.5 Å². The number of carbonyl (C=O) groups is 2. The maximum Gasteiger partial charge on any atom is 0.519 e. The molecule has 2 aromatic carbocycles. The summed E-state index contributed by atoms with van der Waals surface area (Å²) in [5, 5.41) is 33.8. The molecule has 0 saturated heterocycles. The van der Waals surface area contributed by atoms with Crippen LogP contribution in [0.3, 0.4) is 0 Å². The SMILES string of the molecule is CCCCC(=O)N(Cc1ccc(-c2ccccc2-c2nn[nH]n2)cc1)[C@H](C(=O)OCc1oc(=O)oc1CC[C@H](O[N+](=O)[O-])[C@H](C)O[N+](=O)[O-])C(C)C. The first-order valence-corrected chi connectivity index (χ1v) is 16.5. The number of ether oxygens (including phenoxy) is 1. The van der Waals surface area contributed by atoms with Crippen LogP contribution in [0.5, 0.6) is 0 Å². The molecule has 52 heavy (non-hydrogen) atoms. The van der Waals surface area contributed by atoms with E-state index in [9.17, 15) is 34.6 Å². The van der Waals surface area contributed by atoms with Crippen molar-refractivity contribution in [1.82, 2.24) is 25.5 Å². The second-order valence-electron chi connectivity index (χ2n) is 12.1. The molecule has 2 heterocycles. The molecule has 1 amide bonds. The minimum absolute atomic E-state index is 0.0988. The molecule has 0 aliphatic heterocycles. The van der Waals surface area contributed by atoms with Crippen LogP contribution < -0.4 is 5.82 Å². The Bertz CT molecular complexity index is 1860. The lowest BCUT2D eigenvalue weighted by Gasteiger charge is -2.33. The van der Waals surface area contributed by atoms with Gasteiger partial charge in [0.25, 0.3) is 10.2 Å². The zero-order valence-corrected chi connectivity index (χ0v) is 29.0. The second kappa shape index (κ2) is 18.2. The van der Waals surface area contributed by atoms with Crippen LogP contribution in [0.25, 0.3) is 22.5 Å². The average molecular weight is 726 g/mol. The fraction of sp³-hybridized carbons (Fsp3) is 0.455. The van der Waals surface area contributed by atoms with Crippen molar-refractivity contribution in [3.63, 3.8) is 0 Å². The van der Waals surface area contributed by atoms with E-state index >= 15 is 0 Å². The number of nitrogens with one attached hydrogen (secondary N) is 1. The van der Waals surface area contributed by atoms with E-state index in [1.807, 2.05) is 55.5 Å². The van der Waals surface area contributed by atoms with Crippen LogP contribution in [0, 0.1) is 26.1 Å². The average Bonchev–Trinajstić information content (AvgIpc) is 3.77. The Morgan fingerprint density at radius 1 is 0.962 bits per heavy atom. The fourth-order valence-electron chi connectivity index (χ4n) is 5.58. The van der Waals surface area contributed by atoms with Crippen LogP contribution in [0.15, 0.2) is 62.2 Å². The smallest absolute Gasteiger partial charge is 0.456 e. The van der Waals surface area contributed by atoms with Gasteiger partial charge in [-0.15, -0.1) is 30.4 Å². The summed E-state index contributed by atoms with van der Waals surface area (Å²) in [6.07, 6.45) is -1.64. The molecule has 4 rings (SSSR count). The number of hydrogen-bond acceptors (Lipinski definition) is 15. The van der Waals surface area contributed by atoms with Gasteiger partial charge in [0.2, 0.25) is 11.7 Å².